The Balaban J connectivity index is 1.41. The van der Waals surface area contributed by atoms with Crippen LogP contribution in [0.15, 0.2) is 30.3 Å². The number of hydrogen-bond acceptors (Lipinski definition) is 4. The van der Waals surface area contributed by atoms with Gasteiger partial charge in [0, 0.05) is 19.7 Å². The summed E-state index contributed by atoms with van der Waals surface area (Å²) in [4.78, 5) is 25.4. The Morgan fingerprint density at radius 3 is 2.56 bits per heavy atom. The van der Waals surface area contributed by atoms with Gasteiger partial charge in [0.25, 0.3) is 0 Å². The quantitative estimate of drug-likeness (QED) is 0.851. The maximum Gasteiger partial charge on any atom is 0.309 e. The van der Waals surface area contributed by atoms with Crippen LogP contribution in [0, 0.1) is 11.8 Å². The number of ether oxygens (including phenoxy) is 2. The van der Waals surface area contributed by atoms with E-state index in [4.69, 9.17) is 9.47 Å². The molecule has 0 aliphatic carbocycles. The molecule has 2 saturated heterocycles. The second-order valence-electron chi connectivity index (χ2n) is 6.77. The van der Waals surface area contributed by atoms with Gasteiger partial charge in [-0.2, -0.15) is 0 Å². The Kier molecular flexibility index (Phi) is 6.04. The molecule has 2 aliphatic rings. The lowest BCUT2D eigenvalue weighted by molar-refractivity contribution is -0.146. The average molecular weight is 347 g/mol. The normalized spacial score (nSPS) is 24.4. The van der Waals surface area contributed by atoms with Crippen LogP contribution in [0.25, 0.3) is 0 Å². The van der Waals surface area contributed by atoms with Crippen molar-refractivity contribution in [3.8, 4) is 0 Å². The Morgan fingerprint density at radius 1 is 1.16 bits per heavy atom. The highest BCUT2D eigenvalue weighted by molar-refractivity contribution is 5.77. The van der Waals surface area contributed by atoms with Gasteiger partial charge in [0.2, 0.25) is 5.91 Å². The third kappa shape index (κ3) is 4.58. The Labute approximate surface area is 147 Å². The summed E-state index contributed by atoms with van der Waals surface area (Å²) in [5.74, 6) is -0.953. The van der Waals surface area contributed by atoms with Gasteiger partial charge in [-0.05, 0) is 30.7 Å². The number of piperidine rings is 1. The molecule has 0 aromatic heterocycles. The Bertz CT molecular complexity index is 583. The van der Waals surface area contributed by atoms with Crippen LogP contribution in [0.5, 0.6) is 0 Å². The molecule has 2 fully saturated rings. The van der Waals surface area contributed by atoms with E-state index in [0.29, 0.717) is 32.7 Å². The number of carbonyl (C=O) groups is 2. The highest BCUT2D eigenvalue weighted by Crippen LogP contribution is 2.33. The van der Waals surface area contributed by atoms with Crippen molar-refractivity contribution in [3.63, 3.8) is 0 Å². The third-order valence-electron chi connectivity index (χ3n) is 5.15. The van der Waals surface area contributed by atoms with Crippen molar-refractivity contribution in [1.82, 2.24) is 4.90 Å². The first-order chi connectivity index (χ1) is 12.1. The standard InChI is InChI=1S/C19H25NO5/c21-17(13-24-12-14-4-2-1-3-5-14)20-9-6-15(7-10-20)18-16(19(22)23)8-11-25-18/h1-5,15-16,18H,6-13H2,(H,22,23)/t16-,18-/m0/s1. The van der Waals surface area contributed by atoms with E-state index in [1.165, 1.54) is 0 Å². The zero-order valence-electron chi connectivity index (χ0n) is 14.3. The summed E-state index contributed by atoms with van der Waals surface area (Å²) in [6.45, 7) is 2.32. The zero-order valence-corrected chi connectivity index (χ0v) is 14.3. The first kappa shape index (κ1) is 17.9. The van der Waals surface area contributed by atoms with Gasteiger partial charge in [-0.15, -0.1) is 0 Å². The van der Waals surface area contributed by atoms with Crippen LogP contribution in [0.4, 0.5) is 0 Å². The summed E-state index contributed by atoms with van der Waals surface area (Å²) < 4.78 is 11.2. The van der Waals surface area contributed by atoms with Crippen LogP contribution in [0.3, 0.4) is 0 Å². The number of nitrogens with zero attached hydrogens (tertiary/aromatic N) is 1. The Hall–Kier alpha value is -1.92. The number of rotatable bonds is 6. The van der Waals surface area contributed by atoms with Gasteiger partial charge in [-0.25, -0.2) is 0 Å². The molecule has 6 nitrogen and oxygen atoms in total. The molecule has 0 radical (unpaired) electrons. The minimum Gasteiger partial charge on any atom is -0.481 e. The van der Waals surface area contributed by atoms with Crippen LogP contribution in [-0.2, 0) is 25.7 Å². The lowest BCUT2D eigenvalue weighted by Crippen LogP contribution is -2.44. The summed E-state index contributed by atoms with van der Waals surface area (Å²) in [5.41, 5.74) is 1.05. The summed E-state index contributed by atoms with van der Waals surface area (Å²) in [7, 11) is 0. The van der Waals surface area contributed by atoms with Gasteiger partial charge in [0.05, 0.1) is 18.6 Å². The molecule has 1 aromatic rings. The van der Waals surface area contributed by atoms with Gasteiger partial charge in [0.15, 0.2) is 0 Å². The zero-order chi connectivity index (χ0) is 17.6. The molecular weight excluding hydrogens is 322 g/mol. The fourth-order valence-corrected chi connectivity index (χ4v) is 3.74. The molecule has 2 atom stereocenters. The van der Waals surface area contributed by atoms with Gasteiger partial charge < -0.3 is 19.5 Å². The molecule has 1 aromatic carbocycles. The van der Waals surface area contributed by atoms with Crippen LogP contribution < -0.4 is 0 Å². The lowest BCUT2D eigenvalue weighted by atomic mass is 9.84. The lowest BCUT2D eigenvalue weighted by Gasteiger charge is -2.35. The molecule has 0 saturated carbocycles. The second kappa shape index (κ2) is 8.45. The van der Waals surface area contributed by atoms with E-state index >= 15 is 0 Å². The van der Waals surface area contributed by atoms with Crippen LogP contribution in [0.1, 0.15) is 24.8 Å². The summed E-state index contributed by atoms with van der Waals surface area (Å²) in [5, 5.41) is 9.28. The largest absolute Gasteiger partial charge is 0.481 e. The molecule has 136 valence electrons. The van der Waals surface area contributed by atoms with Crippen LogP contribution in [-0.4, -0.2) is 54.3 Å². The second-order valence-corrected chi connectivity index (χ2v) is 6.77. The van der Waals surface area contributed by atoms with Crippen molar-refractivity contribution in [2.45, 2.75) is 32.0 Å². The smallest absolute Gasteiger partial charge is 0.309 e. The van der Waals surface area contributed by atoms with E-state index in [1.807, 2.05) is 35.2 Å². The van der Waals surface area contributed by atoms with E-state index in [-0.39, 0.29) is 24.5 Å². The number of hydrogen-bond donors (Lipinski definition) is 1. The molecular formula is C19H25NO5. The van der Waals surface area contributed by atoms with E-state index < -0.39 is 11.9 Å². The summed E-state index contributed by atoms with van der Waals surface area (Å²) in [6.07, 6.45) is 1.97. The van der Waals surface area contributed by atoms with Gasteiger partial charge in [0.1, 0.15) is 6.61 Å². The Morgan fingerprint density at radius 2 is 1.88 bits per heavy atom. The number of carboxylic acids is 1. The molecule has 0 unspecified atom stereocenters. The van der Waals surface area contributed by atoms with E-state index in [0.717, 1.165) is 18.4 Å². The van der Waals surface area contributed by atoms with Crippen molar-refractivity contribution in [2.24, 2.45) is 11.8 Å². The maximum atomic E-state index is 12.3. The van der Waals surface area contributed by atoms with Crippen molar-refractivity contribution in [1.29, 1.82) is 0 Å². The number of aliphatic carboxylic acids is 1. The first-order valence-electron chi connectivity index (χ1n) is 8.89. The minimum atomic E-state index is -0.768. The highest BCUT2D eigenvalue weighted by Gasteiger charge is 2.40. The van der Waals surface area contributed by atoms with E-state index in [1.54, 1.807) is 0 Å². The van der Waals surface area contributed by atoms with Crippen molar-refractivity contribution >= 4 is 11.9 Å². The number of carboxylic acid groups (broad SMARTS) is 1. The fourth-order valence-electron chi connectivity index (χ4n) is 3.74. The fraction of sp³-hybridized carbons (Fsp3) is 0.579. The van der Waals surface area contributed by atoms with E-state index in [9.17, 15) is 14.7 Å². The SMILES string of the molecule is O=C(O)[C@H]1CCO[C@H]1C1CCN(C(=O)COCc2ccccc2)CC1. The molecule has 3 rings (SSSR count). The number of likely N-dealkylation sites (tertiary alicyclic amines) is 1. The number of benzene rings is 1. The molecule has 2 aliphatic heterocycles. The van der Waals surface area contributed by atoms with Crippen LogP contribution in [0.2, 0.25) is 0 Å². The van der Waals surface area contributed by atoms with E-state index in [2.05, 4.69) is 0 Å². The number of carbonyl (C=O) groups excluding carboxylic acids is 1. The maximum absolute atomic E-state index is 12.3. The third-order valence-corrected chi connectivity index (χ3v) is 5.15. The molecule has 2 heterocycles. The highest BCUT2D eigenvalue weighted by atomic mass is 16.5. The molecule has 25 heavy (non-hydrogen) atoms. The predicted molar refractivity (Wildman–Crippen MR) is 90.9 cm³/mol. The summed E-state index contributed by atoms with van der Waals surface area (Å²) in [6, 6.07) is 9.77. The average Bonchev–Trinajstić information content (AvgIpc) is 3.13. The molecule has 1 N–H and O–H groups in total. The monoisotopic (exact) mass is 347 g/mol. The van der Waals surface area contributed by atoms with Crippen molar-refractivity contribution < 1.29 is 24.2 Å². The topological polar surface area (TPSA) is 76.1 Å². The van der Waals surface area contributed by atoms with Crippen molar-refractivity contribution in [2.75, 3.05) is 26.3 Å². The predicted octanol–water partition coefficient (Wildman–Crippen LogP) is 1.93. The molecule has 0 spiro atoms. The number of amides is 1. The summed E-state index contributed by atoms with van der Waals surface area (Å²) >= 11 is 0. The molecule has 1 amide bonds. The van der Waals surface area contributed by atoms with Gasteiger partial charge >= 0.3 is 5.97 Å². The van der Waals surface area contributed by atoms with Gasteiger partial charge in [-0.3, -0.25) is 9.59 Å². The molecule has 0 bridgehead atoms. The first-order valence-corrected chi connectivity index (χ1v) is 8.89. The van der Waals surface area contributed by atoms with Crippen molar-refractivity contribution in [3.05, 3.63) is 35.9 Å². The van der Waals surface area contributed by atoms with Gasteiger partial charge in [-0.1, -0.05) is 30.3 Å². The molecule has 6 heteroatoms. The van der Waals surface area contributed by atoms with Crippen LogP contribution >= 0.6 is 0 Å². The minimum absolute atomic E-state index is 0.00324.